The van der Waals surface area contributed by atoms with E-state index in [0.717, 1.165) is 16.6 Å². The van der Waals surface area contributed by atoms with Crippen LogP contribution in [-0.2, 0) is 10.0 Å². The van der Waals surface area contributed by atoms with Crippen LogP contribution < -0.4 is 0 Å². The SMILES string of the molecule is Cc1[nH]c2ccccc2c1C(=O)N1CCCN(S(C)(=O)=O)CC1. The molecule has 0 radical (unpaired) electrons. The molecule has 1 N–H and O–H groups in total. The Morgan fingerprint density at radius 1 is 1.13 bits per heavy atom. The van der Waals surface area contributed by atoms with E-state index in [0.29, 0.717) is 38.2 Å². The van der Waals surface area contributed by atoms with Gasteiger partial charge < -0.3 is 9.88 Å². The van der Waals surface area contributed by atoms with Crippen LogP contribution in [0.1, 0.15) is 22.5 Å². The predicted molar refractivity (Wildman–Crippen MR) is 90.0 cm³/mol. The average molecular weight is 335 g/mol. The highest BCUT2D eigenvalue weighted by Crippen LogP contribution is 2.24. The second-order valence-corrected chi connectivity index (χ2v) is 7.96. The van der Waals surface area contributed by atoms with E-state index >= 15 is 0 Å². The summed E-state index contributed by atoms with van der Waals surface area (Å²) < 4.78 is 24.8. The van der Waals surface area contributed by atoms with Crippen LogP contribution in [0, 0.1) is 6.92 Å². The lowest BCUT2D eigenvalue weighted by Gasteiger charge is -2.21. The number of H-pyrrole nitrogens is 1. The van der Waals surface area contributed by atoms with Crippen LogP contribution in [0.25, 0.3) is 10.9 Å². The van der Waals surface area contributed by atoms with Gasteiger partial charge in [0.05, 0.1) is 11.8 Å². The third-order valence-electron chi connectivity index (χ3n) is 4.32. The van der Waals surface area contributed by atoms with Crippen molar-refractivity contribution in [1.29, 1.82) is 0 Å². The number of nitrogens with zero attached hydrogens (tertiary/aromatic N) is 2. The second-order valence-electron chi connectivity index (χ2n) is 5.98. The lowest BCUT2D eigenvalue weighted by atomic mass is 10.1. The number of sulfonamides is 1. The average Bonchev–Trinajstić information content (AvgIpc) is 2.67. The Balaban J connectivity index is 1.87. The number of carbonyl (C=O) groups excluding carboxylic acids is 1. The number of carbonyl (C=O) groups is 1. The fourth-order valence-corrected chi connectivity index (χ4v) is 4.01. The van der Waals surface area contributed by atoms with E-state index in [1.54, 1.807) is 4.90 Å². The van der Waals surface area contributed by atoms with Gasteiger partial charge in [0.25, 0.3) is 5.91 Å². The number of hydrogen-bond acceptors (Lipinski definition) is 3. The predicted octanol–water partition coefficient (Wildman–Crippen LogP) is 1.58. The third-order valence-corrected chi connectivity index (χ3v) is 5.62. The third kappa shape index (κ3) is 3.11. The molecule has 7 heteroatoms. The van der Waals surface area contributed by atoms with Crippen LogP contribution >= 0.6 is 0 Å². The number of fused-ring (bicyclic) bond motifs is 1. The van der Waals surface area contributed by atoms with E-state index in [-0.39, 0.29) is 5.91 Å². The first-order valence-electron chi connectivity index (χ1n) is 7.69. The van der Waals surface area contributed by atoms with Crippen LogP contribution in [0.4, 0.5) is 0 Å². The van der Waals surface area contributed by atoms with Crippen molar-refractivity contribution in [2.75, 3.05) is 32.4 Å². The summed E-state index contributed by atoms with van der Waals surface area (Å²) in [5.41, 5.74) is 2.48. The van der Waals surface area contributed by atoms with Crippen molar-refractivity contribution in [2.24, 2.45) is 0 Å². The fraction of sp³-hybridized carbons (Fsp3) is 0.438. The van der Waals surface area contributed by atoms with Crippen LogP contribution in [0.3, 0.4) is 0 Å². The normalized spacial score (nSPS) is 17.4. The second kappa shape index (κ2) is 5.98. The maximum atomic E-state index is 12.9. The molecule has 1 amide bonds. The largest absolute Gasteiger partial charge is 0.358 e. The molecular weight excluding hydrogens is 314 g/mol. The minimum absolute atomic E-state index is 0.0321. The van der Waals surface area contributed by atoms with Gasteiger partial charge in [-0.15, -0.1) is 0 Å². The van der Waals surface area contributed by atoms with Crippen molar-refractivity contribution in [3.8, 4) is 0 Å². The van der Waals surface area contributed by atoms with Gasteiger partial charge in [-0.25, -0.2) is 12.7 Å². The van der Waals surface area contributed by atoms with Crippen molar-refractivity contribution in [1.82, 2.24) is 14.2 Å². The van der Waals surface area contributed by atoms with Crippen molar-refractivity contribution in [3.05, 3.63) is 35.5 Å². The van der Waals surface area contributed by atoms with Gasteiger partial charge in [0.15, 0.2) is 0 Å². The number of amides is 1. The molecule has 6 nitrogen and oxygen atoms in total. The summed E-state index contributed by atoms with van der Waals surface area (Å²) in [6.45, 7) is 3.71. The maximum absolute atomic E-state index is 12.9. The molecule has 1 fully saturated rings. The lowest BCUT2D eigenvalue weighted by molar-refractivity contribution is 0.0765. The maximum Gasteiger partial charge on any atom is 0.256 e. The number of aromatic amines is 1. The summed E-state index contributed by atoms with van der Waals surface area (Å²) in [7, 11) is -3.21. The van der Waals surface area contributed by atoms with Gasteiger partial charge in [-0.05, 0) is 19.4 Å². The highest BCUT2D eigenvalue weighted by molar-refractivity contribution is 7.88. The molecular formula is C16H21N3O3S. The van der Waals surface area contributed by atoms with E-state index in [9.17, 15) is 13.2 Å². The van der Waals surface area contributed by atoms with Crippen LogP contribution in [0.5, 0.6) is 0 Å². The molecule has 1 saturated heterocycles. The number of aryl methyl sites for hydroxylation is 1. The van der Waals surface area contributed by atoms with Gasteiger partial charge >= 0.3 is 0 Å². The molecule has 0 saturated carbocycles. The van der Waals surface area contributed by atoms with Gasteiger partial charge in [0, 0.05) is 42.8 Å². The summed E-state index contributed by atoms with van der Waals surface area (Å²) in [5.74, 6) is -0.0321. The Labute approximate surface area is 136 Å². The van der Waals surface area contributed by atoms with Crippen molar-refractivity contribution < 1.29 is 13.2 Å². The van der Waals surface area contributed by atoms with Crippen LogP contribution in [-0.4, -0.2) is 60.9 Å². The summed E-state index contributed by atoms with van der Waals surface area (Å²) >= 11 is 0. The molecule has 0 aliphatic carbocycles. The van der Waals surface area contributed by atoms with Gasteiger partial charge in [0.1, 0.15) is 0 Å². The highest BCUT2D eigenvalue weighted by Gasteiger charge is 2.26. The minimum atomic E-state index is -3.21. The molecule has 1 aromatic carbocycles. The fourth-order valence-electron chi connectivity index (χ4n) is 3.14. The molecule has 1 aromatic heterocycles. The molecule has 1 aliphatic heterocycles. The number of benzene rings is 1. The number of para-hydroxylation sites is 1. The standard InChI is InChI=1S/C16H21N3O3S/c1-12-15(13-6-3-4-7-14(13)17-12)16(20)18-8-5-9-19(11-10-18)23(2,21)22/h3-4,6-7,17H,5,8-11H2,1-2H3. The van der Waals surface area contributed by atoms with Crippen molar-refractivity contribution in [2.45, 2.75) is 13.3 Å². The first kappa shape index (κ1) is 16.0. The molecule has 1 aliphatic rings. The molecule has 0 bridgehead atoms. The molecule has 0 unspecified atom stereocenters. The zero-order valence-electron chi connectivity index (χ0n) is 13.4. The Hall–Kier alpha value is -1.86. The summed E-state index contributed by atoms with van der Waals surface area (Å²) in [5, 5.41) is 0.916. The van der Waals surface area contributed by atoms with E-state index < -0.39 is 10.0 Å². The van der Waals surface area contributed by atoms with E-state index in [2.05, 4.69) is 4.98 Å². The Bertz CT molecular complexity index is 841. The van der Waals surface area contributed by atoms with Gasteiger partial charge in [0.2, 0.25) is 10.0 Å². The number of rotatable bonds is 2. The Morgan fingerprint density at radius 3 is 2.61 bits per heavy atom. The van der Waals surface area contributed by atoms with Crippen LogP contribution in [0.15, 0.2) is 24.3 Å². The van der Waals surface area contributed by atoms with Gasteiger partial charge in [-0.2, -0.15) is 0 Å². The molecule has 3 rings (SSSR count). The Morgan fingerprint density at radius 2 is 1.87 bits per heavy atom. The molecule has 0 spiro atoms. The first-order chi connectivity index (χ1) is 10.9. The van der Waals surface area contributed by atoms with Crippen LogP contribution in [0.2, 0.25) is 0 Å². The zero-order chi connectivity index (χ0) is 16.6. The van der Waals surface area contributed by atoms with E-state index in [1.807, 2.05) is 31.2 Å². The minimum Gasteiger partial charge on any atom is -0.358 e. The molecule has 2 aromatic rings. The van der Waals surface area contributed by atoms with Gasteiger partial charge in [-0.1, -0.05) is 18.2 Å². The molecule has 0 atom stereocenters. The smallest absolute Gasteiger partial charge is 0.256 e. The Kier molecular flexibility index (Phi) is 4.16. The van der Waals surface area contributed by atoms with E-state index in [4.69, 9.17) is 0 Å². The molecule has 124 valence electrons. The van der Waals surface area contributed by atoms with Crippen molar-refractivity contribution >= 4 is 26.8 Å². The number of aromatic nitrogens is 1. The number of nitrogens with one attached hydrogen (secondary N) is 1. The monoisotopic (exact) mass is 335 g/mol. The van der Waals surface area contributed by atoms with E-state index in [1.165, 1.54) is 10.6 Å². The lowest BCUT2D eigenvalue weighted by Crippen LogP contribution is -2.37. The first-order valence-corrected chi connectivity index (χ1v) is 9.54. The molecule has 2 heterocycles. The van der Waals surface area contributed by atoms with Gasteiger partial charge in [-0.3, -0.25) is 4.79 Å². The topological polar surface area (TPSA) is 73.5 Å². The quantitative estimate of drug-likeness (QED) is 0.905. The van der Waals surface area contributed by atoms with Crippen molar-refractivity contribution in [3.63, 3.8) is 0 Å². The summed E-state index contributed by atoms with van der Waals surface area (Å²) in [6, 6.07) is 7.74. The highest BCUT2D eigenvalue weighted by atomic mass is 32.2. The summed E-state index contributed by atoms with van der Waals surface area (Å²) in [4.78, 5) is 17.9. The zero-order valence-corrected chi connectivity index (χ0v) is 14.2. The number of hydrogen-bond donors (Lipinski definition) is 1. The molecule has 23 heavy (non-hydrogen) atoms. The summed E-state index contributed by atoms with van der Waals surface area (Å²) in [6.07, 6.45) is 1.87.